The Hall–Kier alpha value is -3.16. The molecule has 7 nitrogen and oxygen atoms in total. The minimum Gasteiger partial charge on any atom is -0.497 e. The van der Waals surface area contributed by atoms with Crippen molar-refractivity contribution < 1.29 is 9.13 Å². The Bertz CT molecular complexity index is 980. The molecule has 1 saturated carbocycles. The lowest BCUT2D eigenvalue weighted by atomic mass is 10.1. The van der Waals surface area contributed by atoms with Crippen LogP contribution < -0.4 is 15.0 Å². The van der Waals surface area contributed by atoms with E-state index in [0.29, 0.717) is 28.6 Å². The van der Waals surface area contributed by atoms with Gasteiger partial charge in [-0.3, -0.25) is 5.10 Å². The number of nitrogens with one attached hydrogen (secondary N) is 2. The number of methoxy groups -OCH3 is 1. The van der Waals surface area contributed by atoms with E-state index in [2.05, 4.69) is 30.4 Å². The van der Waals surface area contributed by atoms with Crippen LogP contribution in [-0.4, -0.2) is 40.4 Å². The van der Waals surface area contributed by atoms with Crippen LogP contribution in [0.25, 0.3) is 11.3 Å². The lowest BCUT2D eigenvalue weighted by molar-refractivity contribution is 0.411. The van der Waals surface area contributed by atoms with Crippen LogP contribution >= 0.6 is 0 Å². The van der Waals surface area contributed by atoms with Crippen molar-refractivity contribution in [2.75, 3.05) is 30.4 Å². The summed E-state index contributed by atoms with van der Waals surface area (Å²) in [7, 11) is 1.51. The zero-order valence-corrected chi connectivity index (χ0v) is 14.8. The van der Waals surface area contributed by atoms with E-state index in [0.717, 1.165) is 30.9 Å². The molecule has 1 aliphatic carbocycles. The molecule has 2 aromatic heterocycles. The third kappa shape index (κ3) is 3.07. The standard InChI is InChI=1S/C19H19FN6O/c1-27-13-2-3-14(15(20)7-13)16-8-18(25-24-16)22-17-4-5-21-19(23-17)26-9-11-6-12(11)10-26/h2-5,7-8,11-12H,6,9-10H2,1H3,(H2,21,22,23,24,25). The van der Waals surface area contributed by atoms with Gasteiger partial charge in [-0.2, -0.15) is 10.1 Å². The normalized spacial score (nSPS) is 20.4. The van der Waals surface area contributed by atoms with Gasteiger partial charge >= 0.3 is 0 Å². The number of anilines is 3. The number of benzene rings is 1. The number of rotatable bonds is 5. The monoisotopic (exact) mass is 366 g/mol. The molecule has 2 N–H and O–H groups in total. The zero-order valence-electron chi connectivity index (χ0n) is 14.8. The Morgan fingerprint density at radius 1 is 1.19 bits per heavy atom. The Morgan fingerprint density at radius 3 is 2.81 bits per heavy atom. The summed E-state index contributed by atoms with van der Waals surface area (Å²) in [5.74, 6) is 3.70. The fraction of sp³-hybridized carbons (Fsp3) is 0.316. The number of H-pyrrole nitrogens is 1. The third-order valence-corrected chi connectivity index (χ3v) is 5.20. The second-order valence-corrected chi connectivity index (χ2v) is 7.04. The number of halogens is 1. The van der Waals surface area contributed by atoms with E-state index in [4.69, 9.17) is 4.74 Å². The molecule has 8 heteroatoms. The van der Waals surface area contributed by atoms with Crippen LogP contribution in [0.4, 0.5) is 22.0 Å². The number of aromatic nitrogens is 4. The highest BCUT2D eigenvalue weighted by atomic mass is 19.1. The van der Waals surface area contributed by atoms with E-state index in [-0.39, 0.29) is 5.82 Å². The quantitative estimate of drug-likeness (QED) is 0.722. The van der Waals surface area contributed by atoms with E-state index < -0.39 is 0 Å². The molecule has 5 rings (SSSR count). The minimum absolute atomic E-state index is 0.374. The topological polar surface area (TPSA) is 79.0 Å². The summed E-state index contributed by atoms with van der Waals surface area (Å²) in [6, 6.07) is 8.26. The van der Waals surface area contributed by atoms with Crippen LogP contribution in [-0.2, 0) is 0 Å². The smallest absolute Gasteiger partial charge is 0.227 e. The molecule has 2 atom stereocenters. The lowest BCUT2D eigenvalue weighted by Gasteiger charge is -2.17. The van der Waals surface area contributed by atoms with Gasteiger partial charge in [0.25, 0.3) is 0 Å². The van der Waals surface area contributed by atoms with E-state index in [1.165, 1.54) is 19.6 Å². The number of hydrogen-bond donors (Lipinski definition) is 2. The second kappa shape index (κ2) is 6.22. The Kier molecular flexibility index (Phi) is 3.70. The number of piperidine rings is 1. The van der Waals surface area contributed by atoms with Crippen molar-refractivity contribution in [2.24, 2.45) is 11.8 Å². The van der Waals surface area contributed by atoms with Crippen molar-refractivity contribution in [1.29, 1.82) is 0 Å². The molecule has 3 heterocycles. The zero-order chi connectivity index (χ0) is 18.4. The molecule has 2 unspecified atom stereocenters. The van der Waals surface area contributed by atoms with Crippen LogP contribution in [0.2, 0.25) is 0 Å². The summed E-state index contributed by atoms with van der Waals surface area (Å²) in [6.45, 7) is 2.08. The van der Waals surface area contributed by atoms with Gasteiger partial charge < -0.3 is 15.0 Å². The van der Waals surface area contributed by atoms with Crippen LogP contribution in [0.3, 0.4) is 0 Å². The summed E-state index contributed by atoms with van der Waals surface area (Å²) >= 11 is 0. The highest BCUT2D eigenvalue weighted by Crippen LogP contribution is 2.45. The average Bonchev–Trinajstić information content (AvgIpc) is 3.06. The van der Waals surface area contributed by atoms with Gasteiger partial charge in [0.2, 0.25) is 5.95 Å². The molecule has 2 fully saturated rings. The van der Waals surface area contributed by atoms with Crippen molar-refractivity contribution >= 4 is 17.6 Å². The first-order valence-electron chi connectivity index (χ1n) is 8.94. The van der Waals surface area contributed by atoms with Gasteiger partial charge in [0, 0.05) is 37.0 Å². The summed E-state index contributed by atoms with van der Waals surface area (Å²) in [4.78, 5) is 11.2. The van der Waals surface area contributed by atoms with Gasteiger partial charge in [-0.05, 0) is 36.5 Å². The summed E-state index contributed by atoms with van der Waals surface area (Å²) in [5, 5.41) is 10.2. The number of aromatic amines is 1. The first kappa shape index (κ1) is 16.0. The number of nitrogens with zero attached hydrogens (tertiary/aromatic N) is 4. The van der Waals surface area contributed by atoms with Crippen molar-refractivity contribution in [1.82, 2.24) is 20.2 Å². The maximum Gasteiger partial charge on any atom is 0.227 e. The molecule has 1 aliphatic heterocycles. The molecule has 2 aliphatic rings. The number of hydrogen-bond acceptors (Lipinski definition) is 6. The van der Waals surface area contributed by atoms with Gasteiger partial charge in [-0.15, -0.1) is 0 Å². The fourth-order valence-electron chi connectivity index (χ4n) is 3.63. The highest BCUT2D eigenvalue weighted by molar-refractivity contribution is 5.66. The van der Waals surface area contributed by atoms with E-state index in [9.17, 15) is 4.39 Å². The Morgan fingerprint density at radius 2 is 2.04 bits per heavy atom. The van der Waals surface area contributed by atoms with E-state index in [1.54, 1.807) is 30.5 Å². The number of ether oxygens (including phenoxy) is 1. The maximum atomic E-state index is 14.2. The average molecular weight is 366 g/mol. The predicted octanol–water partition coefficient (Wildman–Crippen LogP) is 3.21. The van der Waals surface area contributed by atoms with Crippen LogP contribution in [0.1, 0.15) is 6.42 Å². The number of fused-ring (bicyclic) bond motifs is 1. The predicted molar refractivity (Wildman–Crippen MR) is 99.7 cm³/mol. The van der Waals surface area contributed by atoms with Gasteiger partial charge in [-0.25, -0.2) is 9.37 Å². The summed E-state index contributed by atoms with van der Waals surface area (Å²) in [5.41, 5.74) is 1.00. The molecule has 3 aromatic rings. The molecule has 138 valence electrons. The van der Waals surface area contributed by atoms with Crippen molar-refractivity contribution in [2.45, 2.75) is 6.42 Å². The molecule has 27 heavy (non-hydrogen) atoms. The van der Waals surface area contributed by atoms with Gasteiger partial charge in [0.05, 0.1) is 12.8 Å². The van der Waals surface area contributed by atoms with Crippen molar-refractivity contribution in [3.05, 3.63) is 42.3 Å². The second-order valence-electron chi connectivity index (χ2n) is 7.04. The van der Waals surface area contributed by atoms with Gasteiger partial charge in [0.15, 0.2) is 5.82 Å². The highest BCUT2D eigenvalue weighted by Gasteiger charge is 2.45. The van der Waals surface area contributed by atoms with Gasteiger partial charge in [0.1, 0.15) is 17.4 Å². The first-order chi connectivity index (χ1) is 13.2. The van der Waals surface area contributed by atoms with Crippen LogP contribution in [0.15, 0.2) is 36.5 Å². The summed E-state index contributed by atoms with van der Waals surface area (Å²) in [6.07, 6.45) is 3.08. The van der Waals surface area contributed by atoms with Crippen LogP contribution in [0, 0.1) is 17.7 Å². The molecular weight excluding hydrogens is 347 g/mol. The third-order valence-electron chi connectivity index (χ3n) is 5.20. The Labute approximate surface area is 155 Å². The molecule has 0 amide bonds. The van der Waals surface area contributed by atoms with Crippen LogP contribution in [0.5, 0.6) is 5.75 Å². The molecule has 0 bridgehead atoms. The van der Waals surface area contributed by atoms with Gasteiger partial charge in [-0.1, -0.05) is 0 Å². The maximum absolute atomic E-state index is 14.2. The molecule has 0 spiro atoms. The SMILES string of the molecule is COc1ccc(-c2cc(Nc3ccnc(N4CC5CC5C4)n3)n[nH]2)c(F)c1. The molecule has 0 radical (unpaired) electrons. The van der Waals surface area contributed by atoms with E-state index >= 15 is 0 Å². The molecular formula is C19H19FN6O. The minimum atomic E-state index is -0.374. The fourth-order valence-corrected chi connectivity index (χ4v) is 3.63. The first-order valence-corrected chi connectivity index (χ1v) is 8.94. The molecule has 1 aromatic carbocycles. The largest absolute Gasteiger partial charge is 0.497 e. The molecule has 1 saturated heterocycles. The Balaban J connectivity index is 1.33. The lowest BCUT2D eigenvalue weighted by Crippen LogP contribution is -2.24. The van der Waals surface area contributed by atoms with Crippen molar-refractivity contribution in [3.8, 4) is 17.0 Å². The van der Waals surface area contributed by atoms with Crippen molar-refractivity contribution in [3.63, 3.8) is 0 Å². The van der Waals surface area contributed by atoms with E-state index in [1.807, 2.05) is 0 Å². The summed E-state index contributed by atoms with van der Waals surface area (Å²) < 4.78 is 19.3.